The lowest BCUT2D eigenvalue weighted by molar-refractivity contribution is -0.138. The zero-order valence-electron chi connectivity index (χ0n) is 13.2. The third-order valence-corrected chi connectivity index (χ3v) is 3.45. The van der Waals surface area contributed by atoms with E-state index in [1.54, 1.807) is 25.2 Å². The van der Waals surface area contributed by atoms with Gasteiger partial charge in [-0.25, -0.2) is 4.98 Å². The molecule has 1 N–H and O–H groups in total. The quantitative estimate of drug-likeness (QED) is 0.854. The highest BCUT2D eigenvalue weighted by atomic mass is 19.4. The number of aromatic nitrogens is 1. The summed E-state index contributed by atoms with van der Waals surface area (Å²) >= 11 is 0. The van der Waals surface area contributed by atoms with E-state index < -0.39 is 11.7 Å². The van der Waals surface area contributed by atoms with Gasteiger partial charge in [0, 0.05) is 30.1 Å². The van der Waals surface area contributed by atoms with Crippen LogP contribution in [0.4, 0.5) is 18.9 Å². The minimum Gasteiger partial charge on any atom is -0.473 e. The van der Waals surface area contributed by atoms with Gasteiger partial charge >= 0.3 is 6.18 Å². The Bertz CT molecular complexity index is 669. The average Bonchev–Trinajstić information content (AvgIpc) is 2.51. The van der Waals surface area contributed by atoms with Gasteiger partial charge in [0.1, 0.15) is 6.61 Å². The molecule has 1 heterocycles. The van der Waals surface area contributed by atoms with Crippen molar-refractivity contribution in [2.45, 2.75) is 32.5 Å². The molecular weight excluding hydrogens is 305 g/mol. The van der Waals surface area contributed by atoms with Gasteiger partial charge in [-0.15, -0.1) is 0 Å². The second kappa shape index (κ2) is 6.89. The number of nitrogens with zero attached hydrogens (tertiary/aromatic N) is 1. The molecule has 0 unspecified atom stereocenters. The van der Waals surface area contributed by atoms with Crippen LogP contribution in [0.15, 0.2) is 36.4 Å². The van der Waals surface area contributed by atoms with Gasteiger partial charge in [-0.1, -0.05) is 26.0 Å². The molecule has 2 rings (SSSR count). The molecule has 23 heavy (non-hydrogen) atoms. The molecule has 0 amide bonds. The third kappa shape index (κ3) is 4.15. The molecule has 0 saturated carbocycles. The Balaban J connectivity index is 2.28. The van der Waals surface area contributed by atoms with E-state index in [0.29, 0.717) is 11.6 Å². The van der Waals surface area contributed by atoms with Crippen LogP contribution >= 0.6 is 0 Å². The highest BCUT2D eigenvalue weighted by Gasteiger charge is 2.34. The number of nitrogens with one attached hydrogen (secondary N) is 1. The second-order valence-electron chi connectivity index (χ2n) is 5.42. The Morgan fingerprint density at radius 1 is 1.13 bits per heavy atom. The van der Waals surface area contributed by atoms with Gasteiger partial charge in [-0.2, -0.15) is 13.2 Å². The van der Waals surface area contributed by atoms with Crippen LogP contribution in [0.3, 0.4) is 0 Å². The molecule has 1 aromatic carbocycles. The number of anilines is 1. The molecule has 0 aliphatic heterocycles. The topological polar surface area (TPSA) is 34.1 Å². The zero-order valence-corrected chi connectivity index (χ0v) is 13.2. The van der Waals surface area contributed by atoms with Crippen LogP contribution in [-0.4, -0.2) is 12.0 Å². The predicted octanol–water partition coefficient (Wildman–Crippen LogP) is 4.84. The minimum absolute atomic E-state index is 0.0688. The number of hydrogen-bond donors (Lipinski definition) is 1. The molecule has 0 aliphatic carbocycles. The monoisotopic (exact) mass is 324 g/mol. The lowest BCUT2D eigenvalue weighted by atomic mass is 10.1. The standard InChI is InChI=1S/C17H19F3N2O/c1-11(2)14-7-5-9-16(22-14)23-10-12-13(17(18,19)20)6-4-8-15(12)21-3/h4-9,11,21H,10H2,1-3H3. The van der Waals surface area contributed by atoms with Crippen LogP contribution in [0, 0.1) is 0 Å². The number of pyridine rings is 1. The molecule has 0 atom stereocenters. The molecule has 0 radical (unpaired) electrons. The van der Waals surface area contributed by atoms with Crippen LogP contribution in [0.5, 0.6) is 5.88 Å². The van der Waals surface area contributed by atoms with E-state index in [0.717, 1.165) is 11.8 Å². The van der Waals surface area contributed by atoms with Crippen molar-refractivity contribution in [3.63, 3.8) is 0 Å². The predicted molar refractivity (Wildman–Crippen MR) is 83.6 cm³/mol. The van der Waals surface area contributed by atoms with Crippen LogP contribution in [-0.2, 0) is 12.8 Å². The molecule has 0 spiro atoms. The van der Waals surface area contributed by atoms with Gasteiger partial charge in [-0.05, 0) is 24.1 Å². The van der Waals surface area contributed by atoms with Crippen LogP contribution in [0.25, 0.3) is 0 Å². The smallest absolute Gasteiger partial charge is 0.416 e. The number of alkyl halides is 3. The Kier molecular flexibility index (Phi) is 5.13. The summed E-state index contributed by atoms with van der Waals surface area (Å²) in [4.78, 5) is 4.31. The maximum Gasteiger partial charge on any atom is 0.416 e. The lowest BCUT2D eigenvalue weighted by Crippen LogP contribution is -2.13. The first-order chi connectivity index (χ1) is 10.8. The van der Waals surface area contributed by atoms with Crippen LogP contribution in [0.1, 0.15) is 36.6 Å². The van der Waals surface area contributed by atoms with Crippen LogP contribution < -0.4 is 10.1 Å². The summed E-state index contributed by atoms with van der Waals surface area (Å²) in [5.74, 6) is 0.532. The van der Waals surface area contributed by atoms with Crippen molar-refractivity contribution < 1.29 is 17.9 Å². The van der Waals surface area contributed by atoms with Crippen LogP contribution in [0.2, 0.25) is 0 Å². The maximum absolute atomic E-state index is 13.2. The summed E-state index contributed by atoms with van der Waals surface area (Å²) in [6.07, 6.45) is -4.43. The fourth-order valence-electron chi connectivity index (χ4n) is 2.22. The fraction of sp³-hybridized carbons (Fsp3) is 0.353. The number of rotatable bonds is 5. The highest BCUT2D eigenvalue weighted by Crippen LogP contribution is 2.35. The molecule has 124 valence electrons. The van der Waals surface area contributed by atoms with Crippen molar-refractivity contribution in [3.05, 3.63) is 53.2 Å². The minimum atomic E-state index is -4.43. The van der Waals surface area contributed by atoms with Crippen molar-refractivity contribution in [1.82, 2.24) is 4.98 Å². The number of ether oxygens (including phenoxy) is 1. The summed E-state index contributed by atoms with van der Waals surface area (Å²) in [5, 5.41) is 2.77. The summed E-state index contributed by atoms with van der Waals surface area (Å²) < 4.78 is 45.0. The number of benzene rings is 1. The van der Waals surface area contributed by atoms with Gasteiger partial charge in [0.2, 0.25) is 5.88 Å². The van der Waals surface area contributed by atoms with Gasteiger partial charge in [0.25, 0.3) is 0 Å². The van der Waals surface area contributed by atoms with E-state index in [4.69, 9.17) is 4.74 Å². The van der Waals surface area contributed by atoms with E-state index >= 15 is 0 Å². The van der Waals surface area contributed by atoms with E-state index in [9.17, 15) is 13.2 Å². The summed E-state index contributed by atoms with van der Waals surface area (Å²) in [5.41, 5.74) is 0.587. The molecular formula is C17H19F3N2O. The van der Waals surface area contributed by atoms with E-state index in [2.05, 4.69) is 10.3 Å². The van der Waals surface area contributed by atoms with Crippen molar-refractivity contribution in [2.75, 3.05) is 12.4 Å². The van der Waals surface area contributed by atoms with Crippen molar-refractivity contribution in [2.24, 2.45) is 0 Å². The molecule has 6 heteroatoms. The molecule has 1 aromatic heterocycles. The lowest BCUT2D eigenvalue weighted by Gasteiger charge is -2.17. The Morgan fingerprint density at radius 3 is 2.43 bits per heavy atom. The second-order valence-corrected chi connectivity index (χ2v) is 5.42. The largest absolute Gasteiger partial charge is 0.473 e. The average molecular weight is 324 g/mol. The number of hydrogen-bond acceptors (Lipinski definition) is 3. The molecule has 0 aliphatic rings. The van der Waals surface area contributed by atoms with Crippen molar-refractivity contribution in [3.8, 4) is 5.88 Å². The first-order valence-electron chi connectivity index (χ1n) is 7.29. The molecule has 3 nitrogen and oxygen atoms in total. The Morgan fingerprint density at radius 2 is 1.83 bits per heavy atom. The first-order valence-corrected chi connectivity index (χ1v) is 7.29. The zero-order chi connectivity index (χ0) is 17.0. The molecule has 2 aromatic rings. The summed E-state index contributed by atoms with van der Waals surface area (Å²) in [6.45, 7) is 3.77. The van der Waals surface area contributed by atoms with E-state index in [-0.39, 0.29) is 18.1 Å². The number of halogens is 3. The summed E-state index contributed by atoms with van der Waals surface area (Å²) in [6, 6.07) is 9.30. The van der Waals surface area contributed by atoms with Gasteiger partial charge in [-0.3, -0.25) is 0 Å². The van der Waals surface area contributed by atoms with Crippen molar-refractivity contribution >= 4 is 5.69 Å². The summed E-state index contributed by atoms with van der Waals surface area (Å²) in [7, 11) is 1.58. The molecule has 0 saturated heterocycles. The molecule has 0 bridgehead atoms. The normalized spacial score (nSPS) is 11.6. The maximum atomic E-state index is 13.2. The highest BCUT2D eigenvalue weighted by molar-refractivity contribution is 5.55. The SMILES string of the molecule is CNc1cccc(C(F)(F)F)c1COc1cccc(C(C)C)n1. The molecule has 0 fully saturated rings. The van der Waals surface area contributed by atoms with Gasteiger partial charge in [0.15, 0.2) is 0 Å². The van der Waals surface area contributed by atoms with Gasteiger partial charge < -0.3 is 10.1 Å². The van der Waals surface area contributed by atoms with Crippen molar-refractivity contribution in [1.29, 1.82) is 0 Å². The Hall–Kier alpha value is -2.24. The Labute approximate surface area is 133 Å². The fourth-order valence-corrected chi connectivity index (χ4v) is 2.22. The van der Waals surface area contributed by atoms with Gasteiger partial charge in [0.05, 0.1) is 5.56 Å². The van der Waals surface area contributed by atoms with E-state index in [1.165, 1.54) is 6.07 Å². The first kappa shape index (κ1) is 17.1. The third-order valence-electron chi connectivity index (χ3n) is 3.45. The van der Waals surface area contributed by atoms with E-state index in [1.807, 2.05) is 19.9 Å².